The fourth-order valence-electron chi connectivity index (χ4n) is 2.93. The SMILES string of the molecule is N#Cc1cc(C(=O)Nc2ccccc2)c(N)nc1SCc1cc(=O)n2[nH]cc(C#N)c2n1. The summed E-state index contributed by atoms with van der Waals surface area (Å²) in [7, 11) is 0. The van der Waals surface area contributed by atoms with Crippen LogP contribution >= 0.6 is 11.8 Å². The average molecular weight is 442 g/mol. The number of fused-ring (bicyclic) bond motifs is 1. The van der Waals surface area contributed by atoms with Crippen molar-refractivity contribution in [1.29, 1.82) is 10.5 Å². The summed E-state index contributed by atoms with van der Waals surface area (Å²) in [4.78, 5) is 33.3. The lowest BCUT2D eigenvalue weighted by atomic mass is 10.2. The number of benzene rings is 1. The Morgan fingerprint density at radius 1 is 1.16 bits per heavy atom. The molecular weight excluding hydrogens is 428 g/mol. The number of nitriles is 2. The quantitative estimate of drug-likeness (QED) is 0.396. The highest BCUT2D eigenvalue weighted by atomic mass is 32.2. The number of hydrogen-bond acceptors (Lipinski definition) is 8. The van der Waals surface area contributed by atoms with Gasteiger partial charge in [-0.05, 0) is 18.2 Å². The summed E-state index contributed by atoms with van der Waals surface area (Å²) < 4.78 is 1.17. The number of rotatable bonds is 5. The zero-order valence-corrected chi connectivity index (χ0v) is 17.2. The van der Waals surface area contributed by atoms with Crippen molar-refractivity contribution < 1.29 is 4.79 Å². The molecule has 32 heavy (non-hydrogen) atoms. The zero-order chi connectivity index (χ0) is 22.7. The number of H-pyrrole nitrogens is 1. The van der Waals surface area contributed by atoms with Gasteiger partial charge in [-0.25, -0.2) is 14.5 Å². The molecule has 1 aromatic carbocycles. The number of thioether (sulfide) groups is 1. The molecule has 0 bridgehead atoms. The molecule has 3 heterocycles. The van der Waals surface area contributed by atoms with E-state index in [4.69, 9.17) is 11.0 Å². The number of anilines is 2. The monoisotopic (exact) mass is 442 g/mol. The van der Waals surface area contributed by atoms with Crippen LogP contribution in [0.25, 0.3) is 5.65 Å². The Morgan fingerprint density at radius 2 is 1.91 bits per heavy atom. The summed E-state index contributed by atoms with van der Waals surface area (Å²) in [5.74, 6) is -0.301. The first-order valence-corrected chi connectivity index (χ1v) is 10.2. The predicted molar refractivity (Wildman–Crippen MR) is 118 cm³/mol. The molecule has 0 fully saturated rings. The second-order valence-electron chi connectivity index (χ2n) is 6.54. The maximum atomic E-state index is 12.6. The molecule has 0 saturated carbocycles. The van der Waals surface area contributed by atoms with Gasteiger partial charge >= 0.3 is 0 Å². The number of para-hydroxylation sites is 1. The molecule has 0 radical (unpaired) electrons. The first kappa shape index (κ1) is 20.7. The molecule has 4 N–H and O–H groups in total. The third kappa shape index (κ3) is 4.01. The smallest absolute Gasteiger partial charge is 0.272 e. The van der Waals surface area contributed by atoms with Gasteiger partial charge < -0.3 is 11.1 Å². The van der Waals surface area contributed by atoms with E-state index < -0.39 is 5.91 Å². The minimum absolute atomic E-state index is 0.0270. The summed E-state index contributed by atoms with van der Waals surface area (Å²) in [6, 6.07) is 15.5. The Hall–Kier alpha value is -4.61. The molecule has 156 valence electrons. The van der Waals surface area contributed by atoms with Crippen LogP contribution in [0.3, 0.4) is 0 Å². The van der Waals surface area contributed by atoms with Crippen LogP contribution in [0.2, 0.25) is 0 Å². The first-order valence-electron chi connectivity index (χ1n) is 9.20. The fourth-order valence-corrected chi connectivity index (χ4v) is 3.78. The van der Waals surface area contributed by atoms with Crippen molar-refractivity contribution in [3.05, 3.63) is 81.4 Å². The fraction of sp³-hybridized carbons (Fsp3) is 0.0476. The maximum Gasteiger partial charge on any atom is 0.272 e. The molecule has 0 aliphatic carbocycles. The highest BCUT2D eigenvalue weighted by molar-refractivity contribution is 7.98. The summed E-state index contributed by atoms with van der Waals surface area (Å²) in [6.07, 6.45) is 1.40. The number of nitrogen functional groups attached to an aromatic ring is 1. The van der Waals surface area contributed by atoms with E-state index in [-0.39, 0.29) is 39.5 Å². The Balaban J connectivity index is 1.58. The molecule has 0 spiro atoms. The number of hydrogen-bond donors (Lipinski definition) is 3. The first-order chi connectivity index (χ1) is 15.5. The van der Waals surface area contributed by atoms with Gasteiger partial charge in [0, 0.05) is 23.7 Å². The van der Waals surface area contributed by atoms with E-state index in [1.165, 1.54) is 22.8 Å². The number of amides is 1. The second kappa shape index (κ2) is 8.63. The second-order valence-corrected chi connectivity index (χ2v) is 7.50. The van der Waals surface area contributed by atoms with Crippen LogP contribution in [0.15, 0.2) is 58.5 Å². The Kier molecular flexibility index (Phi) is 5.57. The number of carbonyl (C=O) groups excluding carboxylic acids is 1. The average Bonchev–Trinajstić information content (AvgIpc) is 3.22. The number of aromatic nitrogens is 4. The lowest BCUT2D eigenvalue weighted by Gasteiger charge is -2.10. The molecule has 11 heteroatoms. The van der Waals surface area contributed by atoms with Crippen LogP contribution in [0.4, 0.5) is 11.5 Å². The van der Waals surface area contributed by atoms with Crippen molar-refractivity contribution in [3.63, 3.8) is 0 Å². The van der Waals surface area contributed by atoms with E-state index >= 15 is 0 Å². The van der Waals surface area contributed by atoms with E-state index in [0.717, 1.165) is 11.8 Å². The standard InChI is InChI=1S/C21H14N8O2S/c22-8-12-6-16(20(31)27-14-4-2-1-3-5-14)18(24)28-21(12)32-11-15-7-17(30)29-19(26-15)13(9-23)10-25-29/h1-7,10,25H,11H2,(H2,24,28)(H,27,31). The summed E-state index contributed by atoms with van der Waals surface area (Å²) in [6.45, 7) is 0. The van der Waals surface area contributed by atoms with Gasteiger partial charge in [0.15, 0.2) is 5.65 Å². The van der Waals surface area contributed by atoms with Crippen LogP contribution in [-0.4, -0.2) is 25.5 Å². The van der Waals surface area contributed by atoms with Gasteiger partial charge in [0.2, 0.25) is 0 Å². The molecule has 0 saturated heterocycles. The summed E-state index contributed by atoms with van der Waals surface area (Å²) in [5.41, 5.74) is 7.32. The van der Waals surface area contributed by atoms with Crippen molar-refractivity contribution in [2.24, 2.45) is 0 Å². The number of nitrogens with zero attached hydrogens (tertiary/aromatic N) is 5. The van der Waals surface area contributed by atoms with Crippen molar-refractivity contribution >= 4 is 34.8 Å². The van der Waals surface area contributed by atoms with Gasteiger partial charge in [-0.2, -0.15) is 10.5 Å². The topological polar surface area (TPSA) is 166 Å². The molecule has 0 aliphatic rings. The van der Waals surface area contributed by atoms with Gasteiger partial charge in [-0.3, -0.25) is 14.7 Å². The Labute approximate surface area is 185 Å². The molecule has 3 aromatic heterocycles. The van der Waals surface area contributed by atoms with Gasteiger partial charge in [0.25, 0.3) is 11.5 Å². The Morgan fingerprint density at radius 3 is 2.62 bits per heavy atom. The normalized spacial score (nSPS) is 10.4. The van der Waals surface area contributed by atoms with Crippen LogP contribution in [0.5, 0.6) is 0 Å². The molecule has 10 nitrogen and oxygen atoms in total. The highest BCUT2D eigenvalue weighted by Crippen LogP contribution is 2.27. The van der Waals surface area contributed by atoms with Crippen LogP contribution in [0, 0.1) is 22.7 Å². The zero-order valence-electron chi connectivity index (χ0n) is 16.4. The number of aromatic amines is 1. The van der Waals surface area contributed by atoms with E-state index in [1.807, 2.05) is 18.2 Å². The van der Waals surface area contributed by atoms with Crippen LogP contribution < -0.4 is 16.6 Å². The highest BCUT2D eigenvalue weighted by Gasteiger charge is 2.17. The largest absolute Gasteiger partial charge is 0.383 e. The minimum atomic E-state index is -0.481. The molecule has 1 amide bonds. The van der Waals surface area contributed by atoms with Gasteiger partial charge in [0.1, 0.15) is 28.5 Å². The number of nitrogens with one attached hydrogen (secondary N) is 2. The van der Waals surface area contributed by atoms with Gasteiger partial charge in [0.05, 0.1) is 16.8 Å². The van der Waals surface area contributed by atoms with E-state index in [0.29, 0.717) is 16.4 Å². The molecule has 0 unspecified atom stereocenters. The van der Waals surface area contributed by atoms with Gasteiger partial charge in [-0.1, -0.05) is 30.0 Å². The third-order valence-electron chi connectivity index (χ3n) is 4.44. The van der Waals surface area contributed by atoms with Gasteiger partial charge in [-0.15, -0.1) is 0 Å². The lowest BCUT2D eigenvalue weighted by Crippen LogP contribution is -2.16. The van der Waals surface area contributed by atoms with Crippen LogP contribution in [0.1, 0.15) is 27.2 Å². The van der Waals surface area contributed by atoms with Crippen LogP contribution in [-0.2, 0) is 5.75 Å². The predicted octanol–water partition coefficient (Wildman–Crippen LogP) is 2.29. The van der Waals surface area contributed by atoms with E-state index in [2.05, 4.69) is 20.4 Å². The maximum absolute atomic E-state index is 12.6. The summed E-state index contributed by atoms with van der Waals surface area (Å²) >= 11 is 1.15. The van der Waals surface area contributed by atoms with Crippen molar-refractivity contribution in [3.8, 4) is 12.1 Å². The minimum Gasteiger partial charge on any atom is -0.383 e. The third-order valence-corrected chi connectivity index (χ3v) is 5.47. The van der Waals surface area contributed by atoms with Crippen molar-refractivity contribution in [2.75, 3.05) is 11.1 Å². The lowest BCUT2D eigenvalue weighted by molar-refractivity contribution is 0.102. The molecule has 4 rings (SSSR count). The Bertz CT molecular complexity index is 1480. The molecular formula is C21H14N8O2S. The molecule has 0 aliphatic heterocycles. The summed E-state index contributed by atoms with van der Waals surface area (Å²) in [5, 5.41) is 24.4. The van der Waals surface area contributed by atoms with Crippen molar-refractivity contribution in [1.82, 2.24) is 19.6 Å². The van der Waals surface area contributed by atoms with E-state index in [9.17, 15) is 14.9 Å². The number of pyridine rings is 1. The van der Waals surface area contributed by atoms with Crippen molar-refractivity contribution in [2.45, 2.75) is 10.8 Å². The number of carbonyl (C=O) groups is 1. The molecule has 0 atom stereocenters. The molecule has 4 aromatic rings. The number of nitrogens with two attached hydrogens (primary N) is 1. The van der Waals surface area contributed by atoms with E-state index in [1.54, 1.807) is 24.3 Å².